The normalized spacial score (nSPS) is 30.2. The number of benzene rings is 1. The Bertz CT molecular complexity index is 1170. The molecule has 1 aromatic rings. The first-order valence-electron chi connectivity index (χ1n) is 13.9. The van der Waals surface area contributed by atoms with Gasteiger partial charge in [-0.2, -0.15) is 0 Å². The predicted octanol–water partition coefficient (Wildman–Crippen LogP) is 5.92. The number of hydrogen-bond donors (Lipinski definition) is 5. The number of anilines is 1. The minimum absolute atomic E-state index is 0.00112. The Morgan fingerprint density at radius 3 is 2.50 bits per heavy atom. The summed E-state index contributed by atoms with van der Waals surface area (Å²) in [7, 11) is 0. The van der Waals surface area contributed by atoms with Gasteiger partial charge in [0.25, 0.3) is 5.91 Å². The van der Waals surface area contributed by atoms with Crippen LogP contribution in [0.15, 0.2) is 54.2 Å². The highest BCUT2D eigenvalue weighted by atomic mass is 16.6. The van der Waals surface area contributed by atoms with Crippen molar-refractivity contribution in [3.63, 3.8) is 0 Å². The number of aliphatic hydroxyl groups is 1. The molecule has 0 aliphatic carbocycles. The molecule has 0 saturated heterocycles. The summed E-state index contributed by atoms with van der Waals surface area (Å²) in [6.45, 7) is 15.1. The molecule has 1 heterocycles. The molecule has 40 heavy (non-hydrogen) atoms. The van der Waals surface area contributed by atoms with Gasteiger partial charge in [-0.3, -0.25) is 4.79 Å². The van der Waals surface area contributed by atoms with Crippen molar-refractivity contribution in [2.24, 2.45) is 29.4 Å². The fourth-order valence-electron chi connectivity index (χ4n) is 5.44. The lowest BCUT2D eigenvalue weighted by atomic mass is 9.82. The zero-order chi connectivity index (χ0) is 30.1. The maximum atomic E-state index is 13.0. The molecule has 8 heteroatoms. The number of phenolic OH excluding ortho intramolecular Hbond substituents is 2. The minimum atomic E-state index is -0.893. The van der Waals surface area contributed by atoms with Crippen molar-refractivity contribution < 1.29 is 29.6 Å². The van der Waals surface area contributed by atoms with Gasteiger partial charge in [-0.25, -0.2) is 4.79 Å². The molecule has 0 saturated carbocycles. The van der Waals surface area contributed by atoms with Gasteiger partial charge in [-0.15, -0.1) is 6.58 Å². The molecular formula is C32H46N2O6. The number of carbonyl (C=O) groups excluding carboxylic acids is 2. The Labute approximate surface area is 238 Å². The second-order valence-electron chi connectivity index (χ2n) is 11.3. The summed E-state index contributed by atoms with van der Waals surface area (Å²) >= 11 is 0. The van der Waals surface area contributed by atoms with Crippen LogP contribution in [-0.2, 0) is 22.4 Å². The molecule has 0 spiro atoms. The van der Waals surface area contributed by atoms with Crippen LogP contribution in [0.3, 0.4) is 0 Å². The third kappa shape index (κ3) is 8.74. The maximum absolute atomic E-state index is 13.0. The highest BCUT2D eigenvalue weighted by Crippen LogP contribution is 2.40. The van der Waals surface area contributed by atoms with Crippen molar-refractivity contribution in [3.05, 3.63) is 65.3 Å². The molecule has 1 aliphatic rings. The molecule has 1 aliphatic heterocycles. The Morgan fingerprint density at radius 2 is 1.88 bits per heavy atom. The van der Waals surface area contributed by atoms with E-state index in [4.69, 9.17) is 10.5 Å². The van der Waals surface area contributed by atoms with Crippen LogP contribution in [0.25, 0.3) is 0 Å². The van der Waals surface area contributed by atoms with Gasteiger partial charge in [-0.05, 0) is 56.9 Å². The van der Waals surface area contributed by atoms with Gasteiger partial charge in [-0.1, -0.05) is 58.1 Å². The number of primary amides is 1. The van der Waals surface area contributed by atoms with Crippen molar-refractivity contribution in [1.82, 2.24) is 0 Å². The molecule has 2 bridgehead atoms. The highest BCUT2D eigenvalue weighted by Gasteiger charge is 2.27. The molecule has 220 valence electrons. The monoisotopic (exact) mass is 554 g/mol. The average molecular weight is 555 g/mol. The summed E-state index contributed by atoms with van der Waals surface area (Å²) < 4.78 is 5.42. The summed E-state index contributed by atoms with van der Waals surface area (Å²) in [4.78, 5) is 24.6. The molecular weight excluding hydrogens is 508 g/mol. The van der Waals surface area contributed by atoms with Crippen molar-refractivity contribution in [2.75, 3.05) is 5.32 Å². The lowest BCUT2D eigenvalue weighted by molar-refractivity contribution is -0.112. The van der Waals surface area contributed by atoms with Gasteiger partial charge >= 0.3 is 6.09 Å². The van der Waals surface area contributed by atoms with E-state index in [2.05, 4.69) is 11.9 Å². The SMILES string of the molecule is C=CCCc1c(O)cc2c(O)c1C[C@@H](C)C[C@H](C)[C@H](O)[C@@H](C)/C=C(\C)[C@H](OC(N)=O)[C@@H](C)/C=C\C=C(/C)C(=O)N2. The number of hydrogen-bond acceptors (Lipinski definition) is 6. The first-order chi connectivity index (χ1) is 18.8. The molecule has 0 fully saturated rings. The van der Waals surface area contributed by atoms with Crippen LogP contribution in [-0.4, -0.2) is 39.5 Å². The maximum Gasteiger partial charge on any atom is 0.405 e. The molecule has 0 aromatic heterocycles. The van der Waals surface area contributed by atoms with E-state index in [-0.39, 0.29) is 40.9 Å². The van der Waals surface area contributed by atoms with E-state index in [9.17, 15) is 24.9 Å². The van der Waals surface area contributed by atoms with E-state index in [0.29, 0.717) is 42.4 Å². The molecule has 0 unspecified atom stereocenters. The molecule has 2 amide bonds. The minimum Gasteiger partial charge on any atom is -0.508 e. The number of amides is 2. The van der Waals surface area contributed by atoms with Crippen LogP contribution >= 0.6 is 0 Å². The first kappa shape index (κ1) is 32.7. The quantitative estimate of drug-likeness (QED) is 0.178. The molecule has 6 N–H and O–H groups in total. The number of nitrogens with two attached hydrogens (primary N) is 1. The number of nitrogens with one attached hydrogen (secondary N) is 1. The average Bonchev–Trinajstić information content (AvgIpc) is 2.88. The van der Waals surface area contributed by atoms with Gasteiger partial charge in [0.1, 0.15) is 17.6 Å². The standard InChI is InChI=1S/C32H46N2O6/c1-8-9-13-24-25-15-18(2)14-21(5)28(36)22(6)16-23(7)30(40-32(33)39)19(3)11-10-12-20(4)31(38)34-26(29(25)37)17-27(24)35/h8,10-12,16-19,21-22,28,30,35-37H,1,9,13-15H2,2-7H3,(H2,33,39)(H,34,38)/b11-10-,20-12+,23-16+/t18-,19-,21-,22-,28-,30+/m0/s1. The van der Waals surface area contributed by atoms with Crippen molar-refractivity contribution >= 4 is 17.7 Å². The molecule has 8 nitrogen and oxygen atoms in total. The fourth-order valence-corrected chi connectivity index (χ4v) is 5.44. The number of rotatable bonds is 4. The van der Waals surface area contributed by atoms with E-state index in [1.165, 1.54) is 6.07 Å². The number of carbonyl (C=O) groups is 2. The zero-order valence-electron chi connectivity index (χ0n) is 24.6. The van der Waals surface area contributed by atoms with Crippen molar-refractivity contribution in [3.8, 4) is 11.5 Å². The summed E-state index contributed by atoms with van der Waals surface area (Å²) in [5, 5.41) is 36.0. The van der Waals surface area contributed by atoms with Gasteiger partial charge in [0.2, 0.25) is 0 Å². The smallest absolute Gasteiger partial charge is 0.405 e. The van der Waals surface area contributed by atoms with Gasteiger partial charge in [0, 0.05) is 34.6 Å². The summed E-state index contributed by atoms with van der Waals surface area (Å²) in [5.74, 6) is -1.06. The molecule has 2 rings (SSSR count). The lowest BCUT2D eigenvalue weighted by Crippen LogP contribution is -2.30. The topological polar surface area (TPSA) is 142 Å². The number of fused-ring (bicyclic) bond motifs is 2. The largest absolute Gasteiger partial charge is 0.508 e. The third-order valence-electron chi connectivity index (χ3n) is 7.60. The summed E-state index contributed by atoms with van der Waals surface area (Å²) in [6.07, 6.45) is 8.78. The van der Waals surface area contributed by atoms with Crippen LogP contribution in [0.5, 0.6) is 11.5 Å². The number of ether oxygens (including phenoxy) is 1. The summed E-state index contributed by atoms with van der Waals surface area (Å²) in [6, 6.07) is 1.38. The zero-order valence-corrected chi connectivity index (χ0v) is 24.6. The number of aromatic hydroxyl groups is 2. The van der Waals surface area contributed by atoms with Crippen LogP contribution < -0.4 is 11.1 Å². The third-order valence-corrected chi connectivity index (χ3v) is 7.60. The van der Waals surface area contributed by atoms with Gasteiger partial charge in [0.05, 0.1) is 11.8 Å². The molecule has 1 aromatic carbocycles. The molecule has 6 atom stereocenters. The van der Waals surface area contributed by atoms with E-state index in [1.54, 1.807) is 31.2 Å². The van der Waals surface area contributed by atoms with E-state index >= 15 is 0 Å². The van der Waals surface area contributed by atoms with Crippen molar-refractivity contribution in [1.29, 1.82) is 0 Å². The van der Waals surface area contributed by atoms with Crippen LogP contribution in [0.1, 0.15) is 65.5 Å². The number of allylic oxidation sites excluding steroid dienone is 3. The Balaban J connectivity index is 2.60. The Morgan fingerprint density at radius 1 is 1.20 bits per heavy atom. The predicted molar refractivity (Wildman–Crippen MR) is 159 cm³/mol. The van der Waals surface area contributed by atoms with E-state index < -0.39 is 24.2 Å². The Kier molecular flexibility index (Phi) is 12.1. The van der Waals surface area contributed by atoms with E-state index in [0.717, 1.165) is 5.57 Å². The second-order valence-corrected chi connectivity index (χ2v) is 11.3. The summed E-state index contributed by atoms with van der Waals surface area (Å²) in [5.41, 5.74) is 7.82. The highest BCUT2D eigenvalue weighted by molar-refractivity contribution is 6.04. The van der Waals surface area contributed by atoms with Crippen LogP contribution in [0, 0.1) is 23.7 Å². The van der Waals surface area contributed by atoms with Crippen LogP contribution in [0.4, 0.5) is 10.5 Å². The second kappa shape index (κ2) is 14.7. The van der Waals surface area contributed by atoms with Crippen LogP contribution in [0.2, 0.25) is 0 Å². The number of phenols is 2. The Hall–Kier alpha value is -3.52. The fraction of sp³-hybridized carbons (Fsp3) is 0.500. The number of aliphatic hydroxyl groups excluding tert-OH is 1. The lowest BCUT2D eigenvalue weighted by Gasteiger charge is -2.28. The van der Waals surface area contributed by atoms with E-state index in [1.807, 2.05) is 40.7 Å². The van der Waals surface area contributed by atoms with Gasteiger partial charge < -0.3 is 31.1 Å². The van der Waals surface area contributed by atoms with Crippen molar-refractivity contribution in [2.45, 2.75) is 79.4 Å². The molecule has 0 radical (unpaired) electrons. The van der Waals surface area contributed by atoms with Gasteiger partial charge in [0.15, 0.2) is 0 Å². The first-order valence-corrected chi connectivity index (χ1v) is 13.9.